The van der Waals surface area contributed by atoms with Crippen molar-refractivity contribution >= 4 is 33.3 Å². The summed E-state index contributed by atoms with van der Waals surface area (Å²) in [6.07, 6.45) is 0. The van der Waals surface area contributed by atoms with E-state index in [-0.39, 0.29) is 21.5 Å². The molecule has 0 radical (unpaired) electrons. The zero-order chi connectivity index (χ0) is 10.0. The van der Waals surface area contributed by atoms with E-state index in [0.29, 0.717) is 0 Å². The lowest BCUT2D eigenvalue weighted by molar-refractivity contribution is 0.0997. The monoisotopic (exact) mass is 220 g/mol. The van der Waals surface area contributed by atoms with Crippen molar-refractivity contribution in [3.8, 4) is 0 Å². The standard InChI is InChI=1S/C5H7N3O3S2/c6-4(9)3-5(7)12-2(8-3)1-13(10)11/h1,7H2,(H2,6,9)(H,10,11)/p-1. The highest BCUT2D eigenvalue weighted by Crippen LogP contribution is 2.21. The van der Waals surface area contributed by atoms with Crippen LogP contribution in [0, 0.1) is 0 Å². The normalized spacial score (nSPS) is 12.7. The van der Waals surface area contributed by atoms with Gasteiger partial charge in [0, 0.05) is 0 Å². The van der Waals surface area contributed by atoms with Crippen molar-refractivity contribution in [2.75, 3.05) is 5.73 Å². The van der Waals surface area contributed by atoms with Gasteiger partial charge in [0.25, 0.3) is 5.91 Å². The summed E-state index contributed by atoms with van der Waals surface area (Å²) in [5.74, 6) is -1.00. The maximum Gasteiger partial charge on any atom is 0.270 e. The van der Waals surface area contributed by atoms with Gasteiger partial charge < -0.3 is 16.0 Å². The molecule has 1 rings (SSSR count). The molecule has 4 N–H and O–H groups in total. The van der Waals surface area contributed by atoms with Crippen LogP contribution in [0.4, 0.5) is 5.00 Å². The van der Waals surface area contributed by atoms with Crippen LogP contribution in [0.3, 0.4) is 0 Å². The van der Waals surface area contributed by atoms with Crippen LogP contribution in [0.2, 0.25) is 0 Å². The molecule has 0 aromatic carbocycles. The number of thiazole rings is 1. The van der Waals surface area contributed by atoms with E-state index < -0.39 is 17.0 Å². The molecule has 1 aromatic heterocycles. The van der Waals surface area contributed by atoms with Gasteiger partial charge >= 0.3 is 0 Å². The van der Waals surface area contributed by atoms with Gasteiger partial charge in [-0.25, -0.2) is 4.98 Å². The second-order valence-electron chi connectivity index (χ2n) is 2.13. The third-order valence-electron chi connectivity index (χ3n) is 1.17. The van der Waals surface area contributed by atoms with Gasteiger partial charge in [-0.2, -0.15) is 0 Å². The van der Waals surface area contributed by atoms with Gasteiger partial charge in [0.15, 0.2) is 5.69 Å². The zero-order valence-corrected chi connectivity index (χ0v) is 7.98. The minimum Gasteiger partial charge on any atom is -0.772 e. The molecule has 0 spiro atoms. The summed E-state index contributed by atoms with van der Waals surface area (Å²) < 4.78 is 20.5. The van der Waals surface area contributed by atoms with Crippen molar-refractivity contribution < 1.29 is 13.6 Å². The molecule has 1 amide bonds. The zero-order valence-electron chi connectivity index (χ0n) is 6.35. The van der Waals surface area contributed by atoms with E-state index >= 15 is 0 Å². The summed E-state index contributed by atoms with van der Waals surface area (Å²) >= 11 is -1.29. The first-order valence-corrected chi connectivity index (χ1v) is 5.17. The summed E-state index contributed by atoms with van der Waals surface area (Å²) in [5, 5.41) is 0.410. The second-order valence-corrected chi connectivity index (χ2v) is 4.14. The number of carbonyl (C=O) groups is 1. The molecule has 1 unspecified atom stereocenters. The molecular weight excluding hydrogens is 214 g/mol. The van der Waals surface area contributed by atoms with Gasteiger partial charge in [-0.3, -0.25) is 9.00 Å². The summed E-state index contributed by atoms with van der Waals surface area (Å²) in [6, 6.07) is 0. The van der Waals surface area contributed by atoms with E-state index in [1.54, 1.807) is 0 Å². The molecule has 13 heavy (non-hydrogen) atoms. The quantitative estimate of drug-likeness (QED) is 0.646. The fraction of sp³-hybridized carbons (Fsp3) is 0.200. The fourth-order valence-electron chi connectivity index (χ4n) is 0.717. The predicted octanol–water partition coefficient (Wildman–Crippen LogP) is -0.797. The highest BCUT2D eigenvalue weighted by Gasteiger charge is 2.12. The van der Waals surface area contributed by atoms with E-state index in [1.807, 2.05) is 0 Å². The molecule has 6 nitrogen and oxygen atoms in total. The minimum absolute atomic E-state index is 0.0644. The van der Waals surface area contributed by atoms with Crippen LogP contribution in [0.1, 0.15) is 15.5 Å². The number of hydrogen-bond acceptors (Lipinski definition) is 6. The summed E-state index contributed by atoms with van der Waals surface area (Å²) in [4.78, 5) is 14.3. The highest BCUT2D eigenvalue weighted by molar-refractivity contribution is 7.78. The molecule has 0 fully saturated rings. The SMILES string of the molecule is NC(=O)c1nc(CS(=O)[O-])sc1N. The number of hydrogen-bond donors (Lipinski definition) is 2. The third-order valence-corrected chi connectivity index (χ3v) is 2.75. The van der Waals surface area contributed by atoms with Crippen molar-refractivity contribution in [2.24, 2.45) is 5.73 Å². The first-order chi connectivity index (χ1) is 6.00. The first-order valence-electron chi connectivity index (χ1n) is 3.11. The number of amides is 1. The smallest absolute Gasteiger partial charge is 0.270 e. The van der Waals surface area contributed by atoms with E-state index in [2.05, 4.69) is 4.98 Å². The Morgan fingerprint density at radius 1 is 1.69 bits per heavy atom. The predicted molar refractivity (Wildman–Crippen MR) is 47.7 cm³/mol. The molecule has 0 aliphatic rings. The average Bonchev–Trinajstić information content (AvgIpc) is 2.29. The maximum atomic E-state index is 10.7. The summed E-state index contributed by atoms with van der Waals surface area (Å²) in [5.41, 5.74) is 10.2. The lowest BCUT2D eigenvalue weighted by Gasteiger charge is -1.98. The molecule has 1 heterocycles. The van der Waals surface area contributed by atoms with Crippen LogP contribution in [0.25, 0.3) is 0 Å². The van der Waals surface area contributed by atoms with Gasteiger partial charge in [-0.1, -0.05) is 0 Å². The number of rotatable bonds is 3. The van der Waals surface area contributed by atoms with Crippen LogP contribution in [0.5, 0.6) is 0 Å². The number of nitrogen functional groups attached to an aromatic ring is 1. The summed E-state index contributed by atoms with van der Waals surface area (Å²) in [6.45, 7) is 0. The first kappa shape index (κ1) is 10.1. The van der Waals surface area contributed by atoms with Crippen molar-refractivity contribution in [3.05, 3.63) is 10.7 Å². The maximum absolute atomic E-state index is 10.7. The Kier molecular flexibility index (Phi) is 2.96. The van der Waals surface area contributed by atoms with Crippen LogP contribution in [-0.2, 0) is 16.8 Å². The van der Waals surface area contributed by atoms with Crippen LogP contribution in [0.15, 0.2) is 0 Å². The van der Waals surface area contributed by atoms with Crippen LogP contribution < -0.4 is 11.5 Å². The minimum atomic E-state index is -2.23. The van der Waals surface area contributed by atoms with Crippen LogP contribution in [-0.4, -0.2) is 19.7 Å². The summed E-state index contributed by atoms with van der Waals surface area (Å²) in [7, 11) is 0. The van der Waals surface area contributed by atoms with Gasteiger partial charge in [-0.15, -0.1) is 11.3 Å². The Balaban J connectivity index is 2.95. The number of carbonyl (C=O) groups excluding carboxylic acids is 1. The number of nitrogens with zero attached hydrogens (tertiary/aromatic N) is 1. The van der Waals surface area contributed by atoms with Crippen molar-refractivity contribution in [1.29, 1.82) is 0 Å². The molecule has 0 saturated carbocycles. The Labute approximate surface area is 80.2 Å². The Hall–Kier alpha value is -0.990. The molecule has 1 aromatic rings. The van der Waals surface area contributed by atoms with E-state index in [4.69, 9.17) is 11.5 Å². The van der Waals surface area contributed by atoms with E-state index in [1.165, 1.54) is 0 Å². The molecule has 8 heteroatoms. The Morgan fingerprint density at radius 2 is 2.31 bits per heavy atom. The highest BCUT2D eigenvalue weighted by atomic mass is 32.2. The van der Waals surface area contributed by atoms with Crippen LogP contribution >= 0.6 is 11.3 Å². The molecular formula is C5H6N3O3S2-. The van der Waals surface area contributed by atoms with Crippen molar-refractivity contribution in [2.45, 2.75) is 5.75 Å². The molecule has 1 atom stereocenters. The second kappa shape index (κ2) is 3.81. The molecule has 0 aliphatic carbocycles. The largest absolute Gasteiger partial charge is 0.772 e. The number of primary amides is 1. The number of anilines is 1. The van der Waals surface area contributed by atoms with Crippen molar-refractivity contribution in [1.82, 2.24) is 4.98 Å². The van der Waals surface area contributed by atoms with Gasteiger partial charge in [-0.05, 0) is 11.1 Å². The number of nitrogens with two attached hydrogens (primary N) is 2. The average molecular weight is 220 g/mol. The van der Waals surface area contributed by atoms with Gasteiger partial charge in [0.2, 0.25) is 0 Å². The molecule has 72 valence electrons. The molecule has 0 bridgehead atoms. The third kappa shape index (κ3) is 2.47. The van der Waals surface area contributed by atoms with Gasteiger partial charge in [0.05, 0.1) is 5.75 Å². The molecule has 0 aliphatic heterocycles. The lowest BCUT2D eigenvalue weighted by atomic mass is 10.4. The lowest BCUT2D eigenvalue weighted by Crippen LogP contribution is -2.13. The van der Waals surface area contributed by atoms with Gasteiger partial charge in [0.1, 0.15) is 10.0 Å². The number of aromatic nitrogens is 1. The Morgan fingerprint density at radius 3 is 2.69 bits per heavy atom. The fourth-order valence-corrected chi connectivity index (χ4v) is 2.14. The molecule has 0 saturated heterocycles. The van der Waals surface area contributed by atoms with E-state index in [0.717, 1.165) is 11.3 Å². The topological polar surface area (TPSA) is 122 Å². The Bertz CT molecular complexity index is 362. The van der Waals surface area contributed by atoms with E-state index in [9.17, 15) is 13.6 Å². The van der Waals surface area contributed by atoms with Crippen molar-refractivity contribution in [3.63, 3.8) is 0 Å².